The van der Waals surface area contributed by atoms with Gasteiger partial charge in [0.1, 0.15) is 0 Å². The predicted molar refractivity (Wildman–Crippen MR) is 77.4 cm³/mol. The SMILES string of the molecule is CN1c2ccccc2C(I)C2CCCCC21. The maximum atomic E-state index is 2.67. The van der Waals surface area contributed by atoms with E-state index in [-0.39, 0.29) is 0 Å². The third-order valence-electron chi connectivity index (χ3n) is 4.27. The summed E-state index contributed by atoms with van der Waals surface area (Å²) in [4.78, 5) is 2.54. The summed E-state index contributed by atoms with van der Waals surface area (Å²) < 4.78 is 0.718. The Morgan fingerprint density at radius 2 is 1.94 bits per heavy atom. The number of hydrogen-bond acceptors (Lipinski definition) is 1. The van der Waals surface area contributed by atoms with Gasteiger partial charge in [-0.1, -0.05) is 53.6 Å². The summed E-state index contributed by atoms with van der Waals surface area (Å²) in [6.45, 7) is 0. The van der Waals surface area contributed by atoms with Crippen LogP contribution in [-0.2, 0) is 0 Å². The standard InChI is InChI=1S/C14H18IN/c1-16-12-8-4-2-6-10(12)14(15)11-7-3-5-9-13(11)16/h2,4,6,8,11,13-14H,3,5,7,9H2,1H3. The van der Waals surface area contributed by atoms with Gasteiger partial charge in [-0.3, -0.25) is 0 Å². The smallest absolute Gasteiger partial charge is 0.0427 e. The molecule has 3 atom stereocenters. The van der Waals surface area contributed by atoms with Gasteiger partial charge in [-0.2, -0.15) is 0 Å². The fraction of sp³-hybridized carbons (Fsp3) is 0.571. The molecule has 1 aliphatic carbocycles. The van der Waals surface area contributed by atoms with Gasteiger partial charge in [0.15, 0.2) is 0 Å². The van der Waals surface area contributed by atoms with E-state index in [0.717, 1.165) is 15.9 Å². The number of alkyl halides is 1. The molecule has 0 N–H and O–H groups in total. The average molecular weight is 327 g/mol. The minimum absolute atomic E-state index is 0.718. The summed E-state index contributed by atoms with van der Waals surface area (Å²) in [5, 5.41) is 0. The van der Waals surface area contributed by atoms with Gasteiger partial charge in [0.05, 0.1) is 0 Å². The Balaban J connectivity index is 2.05. The summed E-state index contributed by atoms with van der Waals surface area (Å²) in [6, 6.07) is 9.73. The molecule has 0 radical (unpaired) electrons. The van der Waals surface area contributed by atoms with E-state index >= 15 is 0 Å². The van der Waals surface area contributed by atoms with Gasteiger partial charge in [-0.05, 0) is 30.4 Å². The van der Waals surface area contributed by atoms with Crippen LogP contribution >= 0.6 is 22.6 Å². The van der Waals surface area contributed by atoms with Crippen molar-refractivity contribution in [2.24, 2.45) is 5.92 Å². The van der Waals surface area contributed by atoms with Gasteiger partial charge in [0, 0.05) is 22.7 Å². The van der Waals surface area contributed by atoms with Crippen LogP contribution in [0.3, 0.4) is 0 Å². The number of benzene rings is 1. The molecule has 3 rings (SSSR count). The van der Waals surface area contributed by atoms with Crippen LogP contribution in [0, 0.1) is 5.92 Å². The first-order valence-electron chi connectivity index (χ1n) is 6.25. The summed E-state index contributed by atoms with van der Waals surface area (Å²) in [6.07, 6.45) is 5.64. The number of para-hydroxylation sites is 1. The lowest BCUT2D eigenvalue weighted by molar-refractivity contribution is 0.289. The minimum atomic E-state index is 0.718. The minimum Gasteiger partial charge on any atom is -0.371 e. The lowest BCUT2D eigenvalue weighted by atomic mass is 9.77. The molecule has 1 saturated carbocycles. The van der Waals surface area contributed by atoms with Crippen LogP contribution in [0.5, 0.6) is 0 Å². The molecule has 0 saturated heterocycles. The van der Waals surface area contributed by atoms with E-state index in [1.54, 1.807) is 5.56 Å². The predicted octanol–water partition coefficient (Wildman–Crippen LogP) is 4.17. The number of halogens is 1. The van der Waals surface area contributed by atoms with Gasteiger partial charge in [0.2, 0.25) is 0 Å². The second-order valence-electron chi connectivity index (χ2n) is 5.09. The number of nitrogens with zero attached hydrogens (tertiary/aromatic N) is 1. The van der Waals surface area contributed by atoms with Crippen LogP contribution < -0.4 is 4.90 Å². The van der Waals surface area contributed by atoms with E-state index in [2.05, 4.69) is 58.8 Å². The highest BCUT2D eigenvalue weighted by Gasteiger charge is 2.39. The van der Waals surface area contributed by atoms with Crippen LogP contribution in [0.2, 0.25) is 0 Å². The molecule has 0 spiro atoms. The molecule has 2 heteroatoms. The molecule has 1 aromatic rings. The van der Waals surface area contributed by atoms with Gasteiger partial charge < -0.3 is 4.90 Å². The quantitative estimate of drug-likeness (QED) is 0.511. The molecule has 3 unspecified atom stereocenters. The van der Waals surface area contributed by atoms with Crippen LogP contribution in [-0.4, -0.2) is 13.1 Å². The van der Waals surface area contributed by atoms with Gasteiger partial charge in [-0.15, -0.1) is 0 Å². The Bertz CT molecular complexity index is 353. The largest absolute Gasteiger partial charge is 0.371 e. The van der Waals surface area contributed by atoms with E-state index in [9.17, 15) is 0 Å². The van der Waals surface area contributed by atoms with Crippen LogP contribution in [0.4, 0.5) is 5.69 Å². The Morgan fingerprint density at radius 1 is 1.19 bits per heavy atom. The van der Waals surface area contributed by atoms with Crippen molar-refractivity contribution in [3.05, 3.63) is 29.8 Å². The first-order chi connectivity index (χ1) is 7.79. The van der Waals surface area contributed by atoms with Crippen molar-refractivity contribution in [1.82, 2.24) is 0 Å². The Hall–Kier alpha value is -0.250. The van der Waals surface area contributed by atoms with Gasteiger partial charge in [0.25, 0.3) is 0 Å². The van der Waals surface area contributed by atoms with E-state index < -0.39 is 0 Å². The molecule has 1 fully saturated rings. The van der Waals surface area contributed by atoms with Crippen LogP contribution in [0.1, 0.15) is 35.2 Å². The first kappa shape index (κ1) is 10.9. The molecular weight excluding hydrogens is 309 g/mol. The highest BCUT2D eigenvalue weighted by atomic mass is 127. The second-order valence-corrected chi connectivity index (χ2v) is 6.43. The number of hydrogen-bond donors (Lipinski definition) is 0. The number of fused-ring (bicyclic) bond motifs is 2. The van der Waals surface area contributed by atoms with E-state index in [4.69, 9.17) is 0 Å². The molecule has 1 aliphatic heterocycles. The fourth-order valence-electron chi connectivity index (χ4n) is 3.41. The Kier molecular flexibility index (Phi) is 2.86. The Morgan fingerprint density at radius 3 is 2.81 bits per heavy atom. The number of anilines is 1. The van der Waals surface area contributed by atoms with Crippen LogP contribution in [0.25, 0.3) is 0 Å². The van der Waals surface area contributed by atoms with Crippen molar-refractivity contribution in [1.29, 1.82) is 0 Å². The average Bonchev–Trinajstić information content (AvgIpc) is 2.36. The normalized spacial score (nSPS) is 33.1. The van der Waals surface area contributed by atoms with Crippen molar-refractivity contribution in [2.75, 3.05) is 11.9 Å². The van der Waals surface area contributed by atoms with Crippen LogP contribution in [0.15, 0.2) is 24.3 Å². The topological polar surface area (TPSA) is 3.24 Å². The molecular formula is C14H18IN. The van der Waals surface area contributed by atoms with Gasteiger partial charge in [-0.25, -0.2) is 0 Å². The van der Waals surface area contributed by atoms with E-state index in [0.29, 0.717) is 0 Å². The highest BCUT2D eigenvalue weighted by Crippen LogP contribution is 2.49. The molecule has 16 heavy (non-hydrogen) atoms. The van der Waals surface area contributed by atoms with Crippen molar-refractivity contribution in [3.8, 4) is 0 Å². The molecule has 1 heterocycles. The van der Waals surface area contributed by atoms with Crippen molar-refractivity contribution in [2.45, 2.75) is 35.6 Å². The van der Waals surface area contributed by atoms with Crippen molar-refractivity contribution < 1.29 is 0 Å². The second kappa shape index (κ2) is 4.21. The molecule has 0 bridgehead atoms. The zero-order chi connectivity index (χ0) is 11.1. The fourth-order valence-corrected chi connectivity index (χ4v) is 4.78. The molecule has 2 aliphatic rings. The Labute approximate surface area is 111 Å². The van der Waals surface area contributed by atoms with Crippen molar-refractivity contribution in [3.63, 3.8) is 0 Å². The molecule has 1 aromatic carbocycles. The zero-order valence-electron chi connectivity index (χ0n) is 9.70. The van der Waals surface area contributed by atoms with Gasteiger partial charge >= 0.3 is 0 Å². The molecule has 0 aromatic heterocycles. The lowest BCUT2D eigenvalue weighted by Crippen LogP contribution is -2.45. The van der Waals surface area contributed by atoms with Crippen molar-refractivity contribution >= 4 is 28.3 Å². The molecule has 0 amide bonds. The molecule has 1 nitrogen and oxygen atoms in total. The monoisotopic (exact) mass is 327 g/mol. The van der Waals surface area contributed by atoms with E-state index in [1.807, 2.05) is 0 Å². The van der Waals surface area contributed by atoms with E-state index in [1.165, 1.54) is 31.4 Å². The summed E-state index contributed by atoms with van der Waals surface area (Å²) >= 11 is 2.67. The first-order valence-corrected chi connectivity index (χ1v) is 7.49. The molecule has 86 valence electrons. The summed E-state index contributed by atoms with van der Waals surface area (Å²) in [5.74, 6) is 0.870. The lowest BCUT2D eigenvalue weighted by Gasteiger charge is -2.47. The zero-order valence-corrected chi connectivity index (χ0v) is 11.9. The summed E-state index contributed by atoms with van der Waals surface area (Å²) in [5.41, 5.74) is 3.01. The third kappa shape index (κ3) is 1.57. The summed E-state index contributed by atoms with van der Waals surface area (Å²) in [7, 11) is 2.28. The maximum Gasteiger partial charge on any atom is 0.0427 e. The number of rotatable bonds is 0. The maximum absolute atomic E-state index is 2.67. The third-order valence-corrected chi connectivity index (χ3v) is 5.86. The highest BCUT2D eigenvalue weighted by molar-refractivity contribution is 14.1.